The molecule has 9 heteroatoms. The number of piperidine rings is 1. The van der Waals surface area contributed by atoms with Crippen molar-refractivity contribution in [2.24, 2.45) is 5.73 Å². The first-order valence-electron chi connectivity index (χ1n) is 8.06. The zero-order valence-electron chi connectivity index (χ0n) is 14.6. The first kappa shape index (κ1) is 22.0. The summed E-state index contributed by atoms with van der Waals surface area (Å²) in [7, 11) is -0.546. The molecule has 1 saturated heterocycles. The Balaban J connectivity index is 0.00000312. The van der Waals surface area contributed by atoms with E-state index >= 15 is 0 Å². The second-order valence-corrected chi connectivity index (χ2v) is 7.57. The van der Waals surface area contributed by atoms with Gasteiger partial charge in [0.2, 0.25) is 10.0 Å². The summed E-state index contributed by atoms with van der Waals surface area (Å²) in [5.74, 6) is 0.905. The van der Waals surface area contributed by atoms with Crippen LogP contribution in [-0.4, -0.2) is 59.3 Å². The number of ether oxygens (including phenoxy) is 3. The summed E-state index contributed by atoms with van der Waals surface area (Å²) in [4.78, 5) is 0.211. The number of halogens is 1. The average Bonchev–Trinajstić information content (AvgIpc) is 2.61. The normalized spacial score (nSPS) is 16.3. The van der Waals surface area contributed by atoms with Crippen LogP contribution in [0.15, 0.2) is 23.1 Å². The molecule has 1 heterocycles. The van der Waals surface area contributed by atoms with E-state index < -0.39 is 10.0 Å². The summed E-state index contributed by atoms with van der Waals surface area (Å²) in [6.45, 7) is 2.13. The summed E-state index contributed by atoms with van der Waals surface area (Å²) in [5.41, 5.74) is 5.45. The molecule has 7 nitrogen and oxygen atoms in total. The van der Waals surface area contributed by atoms with Crippen molar-refractivity contribution in [1.29, 1.82) is 0 Å². The van der Waals surface area contributed by atoms with Gasteiger partial charge in [-0.2, -0.15) is 4.31 Å². The Bertz CT molecular complexity index is 633. The Morgan fingerprint density at radius 3 is 2.36 bits per heavy atom. The fraction of sp³-hybridized carbons (Fsp3) is 0.625. The van der Waals surface area contributed by atoms with Crippen molar-refractivity contribution >= 4 is 22.4 Å². The summed E-state index contributed by atoms with van der Waals surface area (Å²) >= 11 is 0. The second kappa shape index (κ2) is 10.2. The Morgan fingerprint density at radius 1 is 1.16 bits per heavy atom. The topological polar surface area (TPSA) is 91.1 Å². The third-order valence-corrected chi connectivity index (χ3v) is 5.99. The molecule has 1 aliphatic heterocycles. The molecule has 0 spiro atoms. The first-order chi connectivity index (χ1) is 11.5. The Labute approximate surface area is 155 Å². The van der Waals surface area contributed by atoms with E-state index in [4.69, 9.17) is 19.9 Å². The van der Waals surface area contributed by atoms with E-state index in [9.17, 15) is 8.42 Å². The van der Waals surface area contributed by atoms with Crippen LogP contribution in [0.3, 0.4) is 0 Å². The molecule has 0 unspecified atom stereocenters. The number of nitrogens with zero attached hydrogens (tertiary/aromatic N) is 1. The van der Waals surface area contributed by atoms with E-state index in [-0.39, 0.29) is 23.4 Å². The van der Waals surface area contributed by atoms with E-state index in [1.54, 1.807) is 12.1 Å². The van der Waals surface area contributed by atoms with Gasteiger partial charge < -0.3 is 19.9 Å². The molecule has 0 bridgehead atoms. The lowest BCUT2D eigenvalue weighted by Gasteiger charge is -2.31. The number of nitrogens with two attached hydrogens (primary N) is 1. The minimum atomic E-state index is -3.55. The molecule has 0 atom stereocenters. The molecule has 1 aliphatic rings. The molecule has 1 aromatic rings. The quantitative estimate of drug-likeness (QED) is 0.674. The fourth-order valence-electron chi connectivity index (χ4n) is 2.70. The lowest BCUT2D eigenvalue weighted by atomic mass is 10.1. The molecule has 25 heavy (non-hydrogen) atoms. The Hall–Kier alpha value is -1.06. The molecule has 0 aromatic heterocycles. The molecular formula is C16H27ClN2O5S. The fourth-order valence-corrected chi connectivity index (χ4v) is 4.18. The lowest BCUT2D eigenvalue weighted by Crippen LogP contribution is -2.41. The molecule has 144 valence electrons. The molecule has 2 N–H and O–H groups in total. The standard InChI is InChI=1S/C16H26N2O5S.ClH/c1-21-15-5-4-14(12-16(15)22-2)24(19,20)18-9-6-13(7-10-18)23-11-3-8-17;/h4-5,12-13H,3,6-11,17H2,1-2H3;1H. The minimum Gasteiger partial charge on any atom is -0.493 e. The van der Waals surface area contributed by atoms with Crippen LogP contribution < -0.4 is 15.2 Å². The zero-order chi connectivity index (χ0) is 17.6. The van der Waals surface area contributed by atoms with E-state index in [0.29, 0.717) is 50.6 Å². The second-order valence-electron chi connectivity index (χ2n) is 5.63. The molecule has 0 amide bonds. The van der Waals surface area contributed by atoms with Crippen molar-refractivity contribution in [2.45, 2.75) is 30.3 Å². The summed E-state index contributed by atoms with van der Waals surface area (Å²) in [5, 5.41) is 0. The maximum Gasteiger partial charge on any atom is 0.243 e. The minimum absolute atomic E-state index is 0. The number of hydrogen-bond acceptors (Lipinski definition) is 6. The number of methoxy groups -OCH3 is 2. The third-order valence-electron chi connectivity index (χ3n) is 4.10. The van der Waals surface area contributed by atoms with Gasteiger partial charge in [-0.25, -0.2) is 8.42 Å². The van der Waals surface area contributed by atoms with Crippen LogP contribution in [0.2, 0.25) is 0 Å². The maximum absolute atomic E-state index is 12.8. The maximum atomic E-state index is 12.8. The molecule has 0 radical (unpaired) electrons. The van der Waals surface area contributed by atoms with E-state index in [2.05, 4.69) is 0 Å². The number of benzene rings is 1. The van der Waals surface area contributed by atoms with Crippen molar-refractivity contribution in [3.8, 4) is 11.5 Å². The van der Waals surface area contributed by atoms with E-state index in [0.717, 1.165) is 6.42 Å². The predicted octanol–water partition coefficient (Wildman–Crippen LogP) is 1.64. The molecule has 1 fully saturated rings. The monoisotopic (exact) mass is 394 g/mol. The molecular weight excluding hydrogens is 368 g/mol. The van der Waals surface area contributed by atoms with Gasteiger partial charge in [0, 0.05) is 25.8 Å². The number of rotatable bonds is 8. The third kappa shape index (κ3) is 5.46. The Morgan fingerprint density at radius 2 is 1.80 bits per heavy atom. The van der Waals surface area contributed by atoms with Crippen molar-refractivity contribution in [1.82, 2.24) is 4.31 Å². The molecule has 0 aliphatic carbocycles. The van der Waals surface area contributed by atoms with Crippen LogP contribution >= 0.6 is 12.4 Å². The summed E-state index contributed by atoms with van der Waals surface area (Å²) in [6, 6.07) is 4.65. The van der Waals surface area contributed by atoms with Gasteiger partial charge in [0.15, 0.2) is 11.5 Å². The van der Waals surface area contributed by atoms with Crippen LogP contribution in [0.1, 0.15) is 19.3 Å². The van der Waals surface area contributed by atoms with Gasteiger partial charge in [-0.3, -0.25) is 0 Å². The zero-order valence-corrected chi connectivity index (χ0v) is 16.3. The van der Waals surface area contributed by atoms with Gasteiger partial charge in [0.05, 0.1) is 25.2 Å². The van der Waals surface area contributed by atoms with Gasteiger partial charge >= 0.3 is 0 Å². The summed E-state index contributed by atoms with van der Waals surface area (Å²) < 4.78 is 43.1. The van der Waals surface area contributed by atoms with E-state index in [1.807, 2.05) is 0 Å². The molecule has 0 saturated carbocycles. The van der Waals surface area contributed by atoms with Crippen molar-refractivity contribution in [2.75, 3.05) is 40.5 Å². The van der Waals surface area contributed by atoms with E-state index in [1.165, 1.54) is 24.6 Å². The highest BCUT2D eigenvalue weighted by molar-refractivity contribution is 7.89. The molecule has 1 aromatic carbocycles. The molecule has 2 rings (SSSR count). The van der Waals surface area contributed by atoms with Crippen LogP contribution in [0.4, 0.5) is 0 Å². The van der Waals surface area contributed by atoms with Crippen LogP contribution in [-0.2, 0) is 14.8 Å². The predicted molar refractivity (Wildman–Crippen MR) is 98.2 cm³/mol. The van der Waals surface area contributed by atoms with Crippen LogP contribution in [0.25, 0.3) is 0 Å². The van der Waals surface area contributed by atoms with Crippen molar-refractivity contribution in [3.05, 3.63) is 18.2 Å². The largest absolute Gasteiger partial charge is 0.493 e. The van der Waals surface area contributed by atoms with Gasteiger partial charge in [0.1, 0.15) is 0 Å². The smallest absolute Gasteiger partial charge is 0.243 e. The van der Waals surface area contributed by atoms with Gasteiger partial charge in [-0.05, 0) is 37.9 Å². The van der Waals surface area contributed by atoms with Crippen LogP contribution in [0.5, 0.6) is 11.5 Å². The van der Waals surface area contributed by atoms with Crippen LogP contribution in [0, 0.1) is 0 Å². The first-order valence-corrected chi connectivity index (χ1v) is 9.50. The van der Waals surface area contributed by atoms with Crippen molar-refractivity contribution in [3.63, 3.8) is 0 Å². The number of sulfonamides is 1. The highest BCUT2D eigenvalue weighted by Gasteiger charge is 2.30. The van der Waals surface area contributed by atoms with Gasteiger partial charge in [-0.15, -0.1) is 12.4 Å². The SMILES string of the molecule is COc1ccc(S(=O)(=O)N2CCC(OCCCN)CC2)cc1OC.Cl. The Kier molecular flexibility index (Phi) is 8.95. The van der Waals surface area contributed by atoms with Crippen molar-refractivity contribution < 1.29 is 22.6 Å². The average molecular weight is 395 g/mol. The number of hydrogen-bond donors (Lipinski definition) is 1. The lowest BCUT2D eigenvalue weighted by molar-refractivity contribution is 0.0209. The highest BCUT2D eigenvalue weighted by atomic mass is 35.5. The summed E-state index contributed by atoms with van der Waals surface area (Å²) in [6.07, 6.45) is 2.31. The highest BCUT2D eigenvalue weighted by Crippen LogP contribution is 2.31. The van der Waals surface area contributed by atoms with Gasteiger partial charge in [0.25, 0.3) is 0 Å². The van der Waals surface area contributed by atoms with Gasteiger partial charge in [-0.1, -0.05) is 0 Å².